The van der Waals surface area contributed by atoms with Crippen molar-refractivity contribution in [3.63, 3.8) is 0 Å². The Bertz CT molecular complexity index is 601. The first-order chi connectivity index (χ1) is 9.08. The van der Waals surface area contributed by atoms with Gasteiger partial charge in [0.15, 0.2) is 0 Å². The highest BCUT2D eigenvalue weighted by atomic mass is 35.5. The van der Waals surface area contributed by atoms with Crippen molar-refractivity contribution in [3.8, 4) is 0 Å². The average molecular weight is 284 g/mol. The lowest BCUT2D eigenvalue weighted by atomic mass is 10.3. The summed E-state index contributed by atoms with van der Waals surface area (Å²) >= 11 is 5.84. The van der Waals surface area contributed by atoms with Gasteiger partial charge in [0, 0.05) is 6.54 Å². The Morgan fingerprint density at radius 1 is 1.53 bits per heavy atom. The minimum atomic E-state index is -0.481. The molecule has 100 valence electrons. The van der Waals surface area contributed by atoms with Crippen molar-refractivity contribution in [3.05, 3.63) is 40.9 Å². The molecule has 2 rings (SSSR count). The van der Waals surface area contributed by atoms with Gasteiger partial charge in [-0.2, -0.15) is 0 Å². The third-order valence-corrected chi connectivity index (χ3v) is 2.63. The van der Waals surface area contributed by atoms with Crippen molar-refractivity contribution in [2.75, 3.05) is 5.32 Å². The molecule has 1 heterocycles. The topological polar surface area (TPSA) is 85.8 Å². The lowest BCUT2D eigenvalue weighted by Gasteiger charge is -2.06. The molecule has 0 fully saturated rings. The van der Waals surface area contributed by atoms with Gasteiger partial charge in [-0.1, -0.05) is 16.8 Å². The van der Waals surface area contributed by atoms with Crippen LogP contribution in [0.4, 0.5) is 10.1 Å². The highest BCUT2D eigenvalue weighted by Crippen LogP contribution is 2.22. The van der Waals surface area contributed by atoms with E-state index in [9.17, 15) is 9.18 Å². The molecule has 0 radical (unpaired) electrons. The van der Waals surface area contributed by atoms with Gasteiger partial charge in [-0.05, 0) is 18.2 Å². The molecule has 0 unspecified atom stereocenters. The Balaban J connectivity index is 2.03. The Hall–Kier alpha value is -1.99. The predicted molar refractivity (Wildman–Crippen MR) is 68.0 cm³/mol. The normalized spacial score (nSPS) is 10.5. The highest BCUT2D eigenvalue weighted by molar-refractivity contribution is 6.33. The summed E-state index contributed by atoms with van der Waals surface area (Å²) in [4.78, 5) is 11.7. The molecule has 19 heavy (non-hydrogen) atoms. The first-order valence-electron chi connectivity index (χ1n) is 5.42. The molecule has 0 bridgehead atoms. The monoisotopic (exact) mass is 283 g/mol. The zero-order chi connectivity index (χ0) is 13.8. The van der Waals surface area contributed by atoms with E-state index in [2.05, 4.69) is 15.6 Å². The Labute approximate surface area is 113 Å². The van der Waals surface area contributed by atoms with Crippen LogP contribution in [0.5, 0.6) is 0 Å². The van der Waals surface area contributed by atoms with Gasteiger partial charge in [0.2, 0.25) is 5.91 Å². The van der Waals surface area contributed by atoms with E-state index in [0.717, 1.165) is 6.07 Å². The molecule has 1 aromatic carbocycles. The standard InChI is InChI=1S/C11H11ClFN5O/c12-9-2-1-7(13)3-10(9)15-11(19)6-18-5-8(4-14)16-17-18/h1-3,5H,4,6,14H2,(H,15,19). The van der Waals surface area contributed by atoms with Gasteiger partial charge in [-0.25, -0.2) is 9.07 Å². The number of nitrogens with zero attached hydrogens (tertiary/aromatic N) is 3. The molecular weight excluding hydrogens is 273 g/mol. The molecule has 0 aliphatic heterocycles. The molecular formula is C11H11ClFN5O. The zero-order valence-corrected chi connectivity index (χ0v) is 10.6. The van der Waals surface area contributed by atoms with Crippen molar-refractivity contribution >= 4 is 23.2 Å². The molecule has 0 aliphatic carbocycles. The summed E-state index contributed by atoms with van der Waals surface area (Å²) in [6.07, 6.45) is 1.56. The second-order valence-electron chi connectivity index (χ2n) is 3.78. The number of nitrogens with two attached hydrogens (primary N) is 1. The molecule has 0 atom stereocenters. The molecule has 0 aliphatic rings. The van der Waals surface area contributed by atoms with Crippen molar-refractivity contribution in [2.45, 2.75) is 13.1 Å². The summed E-state index contributed by atoms with van der Waals surface area (Å²) in [7, 11) is 0. The molecule has 0 saturated carbocycles. The lowest BCUT2D eigenvalue weighted by molar-refractivity contribution is -0.116. The number of hydrogen-bond donors (Lipinski definition) is 2. The van der Waals surface area contributed by atoms with Crippen LogP contribution in [0, 0.1) is 5.82 Å². The number of hydrogen-bond acceptors (Lipinski definition) is 4. The van der Waals surface area contributed by atoms with Crippen molar-refractivity contribution in [1.82, 2.24) is 15.0 Å². The van der Waals surface area contributed by atoms with E-state index in [1.165, 1.54) is 16.8 Å². The van der Waals surface area contributed by atoms with Crippen LogP contribution in [0.2, 0.25) is 5.02 Å². The Morgan fingerprint density at radius 3 is 3.00 bits per heavy atom. The van der Waals surface area contributed by atoms with Crippen LogP contribution < -0.4 is 11.1 Å². The number of anilines is 1. The number of halogens is 2. The summed E-state index contributed by atoms with van der Waals surface area (Å²) in [5.41, 5.74) is 6.17. The minimum absolute atomic E-state index is 0.0557. The fraction of sp³-hybridized carbons (Fsp3) is 0.182. The van der Waals surface area contributed by atoms with E-state index in [-0.39, 0.29) is 29.7 Å². The van der Waals surface area contributed by atoms with E-state index in [0.29, 0.717) is 5.69 Å². The van der Waals surface area contributed by atoms with Gasteiger partial charge in [-0.15, -0.1) is 5.10 Å². The fourth-order valence-electron chi connectivity index (χ4n) is 1.44. The summed E-state index contributed by atoms with van der Waals surface area (Å²) in [6.45, 7) is 0.192. The van der Waals surface area contributed by atoms with Crippen molar-refractivity contribution in [2.24, 2.45) is 5.73 Å². The van der Waals surface area contributed by atoms with Crippen molar-refractivity contribution < 1.29 is 9.18 Å². The third-order valence-electron chi connectivity index (χ3n) is 2.30. The first kappa shape index (κ1) is 13.4. The summed E-state index contributed by atoms with van der Waals surface area (Å²) in [5.74, 6) is -0.869. The van der Waals surface area contributed by atoms with Crippen LogP contribution in [0.1, 0.15) is 5.69 Å². The lowest BCUT2D eigenvalue weighted by Crippen LogP contribution is -2.19. The fourth-order valence-corrected chi connectivity index (χ4v) is 1.60. The van der Waals surface area contributed by atoms with Crippen LogP contribution in [-0.4, -0.2) is 20.9 Å². The molecule has 0 saturated heterocycles. The van der Waals surface area contributed by atoms with Crippen LogP contribution in [-0.2, 0) is 17.9 Å². The van der Waals surface area contributed by atoms with Crippen molar-refractivity contribution in [1.29, 1.82) is 0 Å². The number of benzene rings is 1. The van der Waals surface area contributed by atoms with Crippen LogP contribution >= 0.6 is 11.6 Å². The largest absolute Gasteiger partial charge is 0.325 e. The number of amides is 1. The van der Waals surface area contributed by atoms with Gasteiger partial charge in [0.25, 0.3) is 0 Å². The summed E-state index contributed by atoms with van der Waals surface area (Å²) < 4.78 is 14.4. The molecule has 6 nitrogen and oxygen atoms in total. The molecule has 8 heteroatoms. The number of carbonyl (C=O) groups is 1. The highest BCUT2D eigenvalue weighted by Gasteiger charge is 2.09. The maximum absolute atomic E-state index is 13.0. The number of aromatic nitrogens is 3. The maximum Gasteiger partial charge on any atom is 0.246 e. The van der Waals surface area contributed by atoms with Crippen LogP contribution in [0.3, 0.4) is 0 Å². The van der Waals surface area contributed by atoms with E-state index in [4.69, 9.17) is 17.3 Å². The molecule has 3 N–H and O–H groups in total. The predicted octanol–water partition coefficient (Wildman–Crippen LogP) is 1.17. The average Bonchev–Trinajstić information content (AvgIpc) is 2.81. The smallest absolute Gasteiger partial charge is 0.246 e. The SMILES string of the molecule is NCc1cn(CC(=O)Nc2cc(F)ccc2Cl)nn1. The number of carbonyl (C=O) groups excluding carboxylic acids is 1. The van der Waals surface area contributed by atoms with Gasteiger partial charge in [-0.3, -0.25) is 4.79 Å². The zero-order valence-electron chi connectivity index (χ0n) is 9.81. The van der Waals surface area contributed by atoms with Crippen LogP contribution in [0.25, 0.3) is 0 Å². The third kappa shape index (κ3) is 3.49. The molecule has 1 amide bonds. The molecule has 0 spiro atoms. The summed E-state index contributed by atoms with van der Waals surface area (Å²) in [6, 6.07) is 3.73. The Kier molecular flexibility index (Phi) is 4.08. The van der Waals surface area contributed by atoms with Gasteiger partial charge < -0.3 is 11.1 Å². The van der Waals surface area contributed by atoms with E-state index < -0.39 is 5.82 Å². The van der Waals surface area contributed by atoms with E-state index in [1.54, 1.807) is 6.20 Å². The number of nitrogens with one attached hydrogen (secondary N) is 1. The maximum atomic E-state index is 13.0. The minimum Gasteiger partial charge on any atom is -0.325 e. The summed E-state index contributed by atoms with van der Waals surface area (Å²) in [5, 5.41) is 10.2. The second kappa shape index (κ2) is 5.77. The van der Waals surface area contributed by atoms with E-state index in [1.807, 2.05) is 0 Å². The number of rotatable bonds is 4. The first-order valence-corrected chi connectivity index (χ1v) is 5.80. The van der Waals surface area contributed by atoms with Crippen LogP contribution in [0.15, 0.2) is 24.4 Å². The quantitative estimate of drug-likeness (QED) is 0.882. The van der Waals surface area contributed by atoms with Gasteiger partial charge in [0.05, 0.1) is 22.6 Å². The van der Waals surface area contributed by atoms with Gasteiger partial charge in [0.1, 0.15) is 12.4 Å². The molecule has 2 aromatic rings. The molecule has 1 aromatic heterocycles. The van der Waals surface area contributed by atoms with Gasteiger partial charge >= 0.3 is 0 Å². The van der Waals surface area contributed by atoms with E-state index >= 15 is 0 Å². The second-order valence-corrected chi connectivity index (χ2v) is 4.19. The Morgan fingerprint density at radius 2 is 2.32 bits per heavy atom.